The van der Waals surface area contributed by atoms with E-state index in [0.29, 0.717) is 6.04 Å². The summed E-state index contributed by atoms with van der Waals surface area (Å²) in [6.45, 7) is 3.27. The maximum absolute atomic E-state index is 4.48. The predicted octanol–water partition coefficient (Wildman–Crippen LogP) is 3.85. The minimum atomic E-state index is 0.366. The Balaban J connectivity index is 1.81. The van der Waals surface area contributed by atoms with Gasteiger partial charge in [-0.3, -0.25) is 4.98 Å². The topological polar surface area (TPSA) is 24.9 Å². The van der Waals surface area contributed by atoms with Gasteiger partial charge in [-0.2, -0.15) is 0 Å². The van der Waals surface area contributed by atoms with Crippen LogP contribution in [0, 0.1) is 0 Å². The van der Waals surface area contributed by atoms with Gasteiger partial charge in [0.1, 0.15) is 0 Å². The molecule has 3 rings (SSSR count). The van der Waals surface area contributed by atoms with Crippen molar-refractivity contribution in [1.82, 2.24) is 10.3 Å². The van der Waals surface area contributed by atoms with Crippen LogP contribution in [-0.2, 0) is 19.3 Å². The fourth-order valence-electron chi connectivity index (χ4n) is 3.16. The average Bonchev–Trinajstić information content (AvgIpc) is 3.00. The van der Waals surface area contributed by atoms with Crippen LogP contribution in [0.25, 0.3) is 0 Å². The van der Waals surface area contributed by atoms with Crippen molar-refractivity contribution in [3.05, 3.63) is 65.0 Å². The van der Waals surface area contributed by atoms with Crippen molar-refractivity contribution in [2.75, 3.05) is 6.54 Å². The number of benzene rings is 1. The first kappa shape index (κ1) is 14.3. The van der Waals surface area contributed by atoms with Crippen molar-refractivity contribution in [1.29, 1.82) is 0 Å². The number of aromatic nitrogens is 1. The second kappa shape index (κ2) is 6.86. The van der Waals surface area contributed by atoms with E-state index < -0.39 is 0 Å². The molecule has 1 atom stereocenters. The molecule has 0 fully saturated rings. The molecule has 0 radical (unpaired) electrons. The quantitative estimate of drug-likeness (QED) is 0.869. The van der Waals surface area contributed by atoms with E-state index in [1.807, 2.05) is 12.3 Å². The molecule has 110 valence electrons. The Bertz CT molecular complexity index is 577. The minimum absolute atomic E-state index is 0.366. The molecule has 0 saturated heterocycles. The van der Waals surface area contributed by atoms with Gasteiger partial charge in [0.25, 0.3) is 0 Å². The van der Waals surface area contributed by atoms with Crippen molar-refractivity contribution < 1.29 is 0 Å². The summed E-state index contributed by atoms with van der Waals surface area (Å²) in [5.74, 6) is 0. The molecule has 0 bridgehead atoms. The highest BCUT2D eigenvalue weighted by molar-refractivity contribution is 5.37. The standard InChI is InChI=1S/C19H24N2/c1-2-11-21-19(14-18-8-3-4-12-20-18)17-10-9-15-6-5-7-16(15)13-17/h3-4,8-10,12-13,19,21H,2,5-7,11,14H2,1H3. The normalized spacial score (nSPS) is 14.9. The van der Waals surface area contributed by atoms with Crippen molar-refractivity contribution in [2.24, 2.45) is 0 Å². The maximum atomic E-state index is 4.48. The summed E-state index contributed by atoms with van der Waals surface area (Å²) < 4.78 is 0. The summed E-state index contributed by atoms with van der Waals surface area (Å²) >= 11 is 0. The van der Waals surface area contributed by atoms with E-state index in [0.717, 1.165) is 25.1 Å². The number of rotatable bonds is 6. The molecule has 1 aromatic heterocycles. The van der Waals surface area contributed by atoms with Gasteiger partial charge in [-0.05, 0) is 61.1 Å². The molecule has 0 saturated carbocycles. The van der Waals surface area contributed by atoms with Crippen molar-refractivity contribution >= 4 is 0 Å². The Kier molecular flexibility index (Phi) is 4.66. The average molecular weight is 280 g/mol. The number of aryl methyl sites for hydroxylation is 2. The highest BCUT2D eigenvalue weighted by Crippen LogP contribution is 2.26. The van der Waals surface area contributed by atoms with E-state index in [-0.39, 0.29) is 0 Å². The summed E-state index contributed by atoms with van der Waals surface area (Å²) in [6.07, 6.45) is 7.81. The molecule has 1 aliphatic rings. The molecule has 1 unspecified atom stereocenters. The monoisotopic (exact) mass is 280 g/mol. The van der Waals surface area contributed by atoms with Crippen LogP contribution in [-0.4, -0.2) is 11.5 Å². The summed E-state index contributed by atoms with van der Waals surface area (Å²) in [5.41, 5.74) is 5.67. The number of pyridine rings is 1. The Labute approximate surface area is 127 Å². The zero-order valence-corrected chi connectivity index (χ0v) is 12.8. The van der Waals surface area contributed by atoms with E-state index in [2.05, 4.69) is 47.6 Å². The van der Waals surface area contributed by atoms with Gasteiger partial charge in [-0.1, -0.05) is 31.2 Å². The first-order chi connectivity index (χ1) is 10.4. The van der Waals surface area contributed by atoms with Gasteiger partial charge in [0.2, 0.25) is 0 Å². The third-order valence-corrected chi connectivity index (χ3v) is 4.31. The molecule has 1 aromatic carbocycles. The molecule has 0 aliphatic heterocycles. The molecule has 1 N–H and O–H groups in total. The highest BCUT2D eigenvalue weighted by Gasteiger charge is 2.16. The number of nitrogens with zero attached hydrogens (tertiary/aromatic N) is 1. The third-order valence-electron chi connectivity index (χ3n) is 4.31. The SMILES string of the molecule is CCCNC(Cc1ccccn1)c1ccc2c(c1)CCC2. The molecule has 21 heavy (non-hydrogen) atoms. The van der Waals surface area contributed by atoms with Crippen LogP contribution in [0.15, 0.2) is 42.6 Å². The second-order valence-corrected chi connectivity index (χ2v) is 5.91. The van der Waals surface area contributed by atoms with Gasteiger partial charge in [0, 0.05) is 24.4 Å². The zero-order valence-electron chi connectivity index (χ0n) is 12.8. The summed E-state index contributed by atoms with van der Waals surface area (Å²) in [5, 5.41) is 3.69. The fraction of sp³-hybridized carbons (Fsp3) is 0.421. The first-order valence-electron chi connectivity index (χ1n) is 8.12. The number of fused-ring (bicyclic) bond motifs is 1. The van der Waals surface area contributed by atoms with Crippen molar-refractivity contribution in [3.8, 4) is 0 Å². The van der Waals surface area contributed by atoms with Gasteiger partial charge in [0.15, 0.2) is 0 Å². The largest absolute Gasteiger partial charge is 0.310 e. The molecule has 2 nitrogen and oxygen atoms in total. The third kappa shape index (κ3) is 3.51. The molecular weight excluding hydrogens is 256 g/mol. The van der Waals surface area contributed by atoms with Crippen LogP contribution in [0.3, 0.4) is 0 Å². The van der Waals surface area contributed by atoms with Crippen LogP contribution >= 0.6 is 0 Å². The van der Waals surface area contributed by atoms with Crippen LogP contribution in [0.1, 0.15) is 48.2 Å². The Morgan fingerprint density at radius 3 is 2.86 bits per heavy atom. The van der Waals surface area contributed by atoms with Crippen LogP contribution in [0.2, 0.25) is 0 Å². The highest BCUT2D eigenvalue weighted by atomic mass is 14.9. The van der Waals surface area contributed by atoms with Crippen LogP contribution < -0.4 is 5.32 Å². The Hall–Kier alpha value is -1.67. The molecule has 1 aliphatic carbocycles. The fourth-order valence-corrected chi connectivity index (χ4v) is 3.16. The van der Waals surface area contributed by atoms with Gasteiger partial charge in [-0.25, -0.2) is 0 Å². The minimum Gasteiger partial charge on any atom is -0.310 e. The zero-order chi connectivity index (χ0) is 14.5. The lowest BCUT2D eigenvalue weighted by Gasteiger charge is -2.19. The molecular formula is C19H24N2. The Morgan fingerprint density at radius 1 is 1.14 bits per heavy atom. The number of hydrogen-bond donors (Lipinski definition) is 1. The maximum Gasteiger partial charge on any atom is 0.0422 e. The Morgan fingerprint density at radius 2 is 2.05 bits per heavy atom. The van der Waals surface area contributed by atoms with Crippen LogP contribution in [0.4, 0.5) is 0 Å². The number of hydrogen-bond acceptors (Lipinski definition) is 2. The second-order valence-electron chi connectivity index (χ2n) is 5.91. The lowest BCUT2D eigenvalue weighted by Crippen LogP contribution is -2.24. The molecule has 0 amide bonds. The lowest BCUT2D eigenvalue weighted by molar-refractivity contribution is 0.524. The molecule has 0 spiro atoms. The van der Waals surface area contributed by atoms with Crippen molar-refractivity contribution in [2.45, 2.75) is 45.1 Å². The van der Waals surface area contributed by atoms with E-state index in [4.69, 9.17) is 0 Å². The lowest BCUT2D eigenvalue weighted by atomic mass is 9.97. The number of nitrogens with one attached hydrogen (secondary N) is 1. The van der Waals surface area contributed by atoms with Gasteiger partial charge in [0.05, 0.1) is 0 Å². The predicted molar refractivity (Wildman–Crippen MR) is 87.4 cm³/mol. The first-order valence-corrected chi connectivity index (χ1v) is 8.12. The molecule has 2 aromatic rings. The molecule has 1 heterocycles. The van der Waals surface area contributed by atoms with Gasteiger partial charge < -0.3 is 5.32 Å². The van der Waals surface area contributed by atoms with E-state index in [9.17, 15) is 0 Å². The molecule has 2 heteroatoms. The van der Waals surface area contributed by atoms with Gasteiger partial charge in [-0.15, -0.1) is 0 Å². The smallest absolute Gasteiger partial charge is 0.0422 e. The summed E-state index contributed by atoms with van der Waals surface area (Å²) in [7, 11) is 0. The van der Waals surface area contributed by atoms with Gasteiger partial charge >= 0.3 is 0 Å². The van der Waals surface area contributed by atoms with E-state index >= 15 is 0 Å². The van der Waals surface area contributed by atoms with Crippen molar-refractivity contribution in [3.63, 3.8) is 0 Å². The summed E-state index contributed by atoms with van der Waals surface area (Å²) in [6, 6.07) is 13.6. The van der Waals surface area contributed by atoms with Crippen LogP contribution in [0.5, 0.6) is 0 Å². The van der Waals surface area contributed by atoms with E-state index in [1.165, 1.54) is 24.8 Å². The van der Waals surface area contributed by atoms with E-state index in [1.54, 1.807) is 11.1 Å². The summed E-state index contributed by atoms with van der Waals surface area (Å²) in [4.78, 5) is 4.48.